The molecule has 1 saturated heterocycles. The SMILES string of the molecule is CN(C)C(=O)C1CCCN1S(=O)(=O)c1ccc(F)cc1Cl. The number of benzene rings is 1. The van der Waals surface area contributed by atoms with Gasteiger partial charge in [0.2, 0.25) is 15.9 Å². The Morgan fingerprint density at radius 3 is 2.67 bits per heavy atom. The number of hydrogen-bond donors (Lipinski definition) is 0. The molecular weight excluding hydrogens is 319 g/mol. The molecule has 8 heteroatoms. The lowest BCUT2D eigenvalue weighted by molar-refractivity contribution is -0.132. The second-order valence-corrected chi connectivity index (χ2v) is 7.35. The van der Waals surface area contributed by atoms with E-state index in [9.17, 15) is 17.6 Å². The van der Waals surface area contributed by atoms with Crippen LogP contribution in [0.1, 0.15) is 12.8 Å². The summed E-state index contributed by atoms with van der Waals surface area (Å²) in [4.78, 5) is 13.3. The number of halogens is 2. The van der Waals surface area contributed by atoms with Crippen molar-refractivity contribution >= 4 is 27.5 Å². The lowest BCUT2D eigenvalue weighted by Gasteiger charge is -2.25. The van der Waals surface area contributed by atoms with E-state index < -0.39 is 21.9 Å². The standard InChI is InChI=1S/C13H16ClFN2O3S/c1-16(2)13(18)11-4-3-7-17(11)21(19,20)12-6-5-9(15)8-10(12)14/h5-6,8,11H,3-4,7H2,1-2H3. The van der Waals surface area contributed by atoms with Crippen molar-refractivity contribution < 1.29 is 17.6 Å². The van der Waals surface area contributed by atoms with Crippen LogP contribution in [0, 0.1) is 5.82 Å². The largest absolute Gasteiger partial charge is 0.347 e. The summed E-state index contributed by atoms with van der Waals surface area (Å²) in [6, 6.07) is 2.39. The minimum absolute atomic E-state index is 0.177. The Bertz CT molecular complexity index is 663. The van der Waals surface area contributed by atoms with E-state index in [1.54, 1.807) is 14.1 Å². The van der Waals surface area contributed by atoms with Crippen molar-refractivity contribution in [3.8, 4) is 0 Å². The highest BCUT2D eigenvalue weighted by Gasteiger charge is 2.40. The van der Waals surface area contributed by atoms with Crippen molar-refractivity contribution in [3.63, 3.8) is 0 Å². The van der Waals surface area contributed by atoms with Gasteiger partial charge in [0.15, 0.2) is 0 Å². The molecule has 0 saturated carbocycles. The van der Waals surface area contributed by atoms with Crippen LogP contribution in [-0.2, 0) is 14.8 Å². The van der Waals surface area contributed by atoms with E-state index in [4.69, 9.17) is 11.6 Å². The van der Waals surface area contributed by atoms with Gasteiger partial charge in [0.05, 0.1) is 5.02 Å². The molecule has 1 atom stereocenters. The monoisotopic (exact) mass is 334 g/mol. The highest BCUT2D eigenvalue weighted by atomic mass is 35.5. The fourth-order valence-corrected chi connectivity index (χ4v) is 4.54. The number of rotatable bonds is 3. The molecule has 1 heterocycles. The Morgan fingerprint density at radius 1 is 1.43 bits per heavy atom. The van der Waals surface area contributed by atoms with Crippen LogP contribution < -0.4 is 0 Å². The predicted molar refractivity (Wildman–Crippen MR) is 77.0 cm³/mol. The first kappa shape index (κ1) is 16.2. The molecule has 1 amide bonds. The van der Waals surface area contributed by atoms with Crippen LogP contribution in [0.15, 0.2) is 23.1 Å². The number of carbonyl (C=O) groups is 1. The zero-order valence-electron chi connectivity index (χ0n) is 11.7. The maximum atomic E-state index is 13.1. The highest BCUT2D eigenvalue weighted by molar-refractivity contribution is 7.89. The number of amides is 1. The summed E-state index contributed by atoms with van der Waals surface area (Å²) in [6.45, 7) is 0.250. The van der Waals surface area contributed by atoms with Gasteiger partial charge in [-0.15, -0.1) is 0 Å². The van der Waals surface area contributed by atoms with E-state index in [0.29, 0.717) is 12.8 Å². The number of sulfonamides is 1. The van der Waals surface area contributed by atoms with Crippen LogP contribution >= 0.6 is 11.6 Å². The first-order chi connectivity index (χ1) is 9.75. The minimum atomic E-state index is -3.93. The Labute approximate surface area is 128 Å². The van der Waals surface area contributed by atoms with Crippen molar-refractivity contribution in [1.82, 2.24) is 9.21 Å². The molecule has 1 aliphatic heterocycles. The number of likely N-dealkylation sites (N-methyl/N-ethyl adjacent to an activating group) is 1. The first-order valence-electron chi connectivity index (χ1n) is 6.43. The van der Waals surface area contributed by atoms with E-state index in [1.807, 2.05) is 0 Å². The van der Waals surface area contributed by atoms with Crippen LogP contribution in [0.4, 0.5) is 4.39 Å². The normalized spacial score (nSPS) is 19.7. The van der Waals surface area contributed by atoms with E-state index in [2.05, 4.69) is 0 Å². The lowest BCUT2D eigenvalue weighted by Crippen LogP contribution is -2.45. The summed E-state index contributed by atoms with van der Waals surface area (Å²) in [5.41, 5.74) is 0. The fourth-order valence-electron chi connectivity index (χ4n) is 2.38. The predicted octanol–water partition coefficient (Wildman–Crippen LogP) is 1.72. The third-order valence-electron chi connectivity index (χ3n) is 3.41. The quantitative estimate of drug-likeness (QED) is 0.845. The topological polar surface area (TPSA) is 57.7 Å². The lowest BCUT2D eigenvalue weighted by atomic mass is 10.2. The van der Waals surface area contributed by atoms with Gasteiger partial charge >= 0.3 is 0 Å². The third-order valence-corrected chi connectivity index (χ3v) is 5.80. The third kappa shape index (κ3) is 3.04. The van der Waals surface area contributed by atoms with Gasteiger partial charge in [-0.2, -0.15) is 4.31 Å². The van der Waals surface area contributed by atoms with E-state index in [-0.39, 0.29) is 22.4 Å². The Balaban J connectivity index is 2.41. The molecule has 116 valence electrons. The van der Waals surface area contributed by atoms with Crippen molar-refractivity contribution in [2.24, 2.45) is 0 Å². The van der Waals surface area contributed by atoms with E-state index >= 15 is 0 Å². The molecule has 1 aliphatic rings. The van der Waals surface area contributed by atoms with Gasteiger partial charge in [0.1, 0.15) is 16.8 Å². The molecule has 0 aliphatic carbocycles. The number of hydrogen-bond acceptors (Lipinski definition) is 3. The fraction of sp³-hybridized carbons (Fsp3) is 0.462. The molecule has 2 rings (SSSR count). The smallest absolute Gasteiger partial charge is 0.245 e. The average molecular weight is 335 g/mol. The molecular formula is C13H16ClFN2O3S. The summed E-state index contributed by atoms with van der Waals surface area (Å²) in [6.07, 6.45) is 1.07. The van der Waals surface area contributed by atoms with Crippen molar-refractivity contribution in [2.75, 3.05) is 20.6 Å². The minimum Gasteiger partial charge on any atom is -0.347 e. The molecule has 5 nitrogen and oxygen atoms in total. The van der Waals surface area contributed by atoms with Crippen LogP contribution in [-0.4, -0.2) is 50.2 Å². The summed E-state index contributed by atoms with van der Waals surface area (Å²) in [5.74, 6) is -0.879. The van der Waals surface area contributed by atoms with Gasteiger partial charge in [-0.05, 0) is 31.0 Å². The molecule has 21 heavy (non-hydrogen) atoms. The van der Waals surface area contributed by atoms with E-state index in [0.717, 1.165) is 22.5 Å². The van der Waals surface area contributed by atoms with Gasteiger partial charge in [-0.25, -0.2) is 12.8 Å². The molecule has 1 aromatic carbocycles. The molecule has 0 aromatic heterocycles. The summed E-state index contributed by atoms with van der Waals surface area (Å²) in [7, 11) is -0.767. The van der Waals surface area contributed by atoms with Gasteiger partial charge in [-0.1, -0.05) is 11.6 Å². The van der Waals surface area contributed by atoms with Gasteiger partial charge in [-0.3, -0.25) is 4.79 Å². The van der Waals surface area contributed by atoms with Crippen LogP contribution in [0.5, 0.6) is 0 Å². The zero-order valence-corrected chi connectivity index (χ0v) is 13.3. The van der Waals surface area contributed by atoms with Crippen LogP contribution in [0.25, 0.3) is 0 Å². The van der Waals surface area contributed by atoms with Crippen LogP contribution in [0.2, 0.25) is 5.02 Å². The highest BCUT2D eigenvalue weighted by Crippen LogP contribution is 2.31. The molecule has 0 N–H and O–H groups in total. The average Bonchev–Trinajstić information content (AvgIpc) is 2.86. The Hall–Kier alpha value is -1.18. The first-order valence-corrected chi connectivity index (χ1v) is 8.25. The summed E-state index contributed by atoms with van der Waals surface area (Å²) >= 11 is 5.84. The Morgan fingerprint density at radius 2 is 2.10 bits per heavy atom. The molecule has 0 bridgehead atoms. The second kappa shape index (κ2) is 5.90. The summed E-state index contributed by atoms with van der Waals surface area (Å²) < 4.78 is 39.5. The molecule has 0 spiro atoms. The molecule has 1 aromatic rings. The van der Waals surface area contributed by atoms with Crippen molar-refractivity contribution in [1.29, 1.82) is 0 Å². The van der Waals surface area contributed by atoms with Crippen molar-refractivity contribution in [3.05, 3.63) is 29.0 Å². The van der Waals surface area contributed by atoms with E-state index in [1.165, 1.54) is 4.90 Å². The maximum Gasteiger partial charge on any atom is 0.245 e. The van der Waals surface area contributed by atoms with Crippen LogP contribution in [0.3, 0.4) is 0 Å². The summed E-state index contributed by atoms with van der Waals surface area (Å²) in [5, 5.41) is -0.182. The number of carbonyl (C=O) groups excluding carboxylic acids is 1. The van der Waals surface area contributed by atoms with Crippen molar-refractivity contribution in [2.45, 2.75) is 23.8 Å². The molecule has 0 radical (unpaired) electrons. The number of nitrogens with zero attached hydrogens (tertiary/aromatic N) is 2. The molecule has 1 unspecified atom stereocenters. The van der Waals surface area contributed by atoms with Gasteiger partial charge in [0, 0.05) is 20.6 Å². The van der Waals surface area contributed by atoms with Gasteiger partial charge < -0.3 is 4.90 Å². The zero-order chi connectivity index (χ0) is 15.8. The Kier molecular flexibility index (Phi) is 4.55. The van der Waals surface area contributed by atoms with Gasteiger partial charge in [0.25, 0.3) is 0 Å². The second-order valence-electron chi connectivity index (χ2n) is 5.08. The molecule has 1 fully saturated rings. The maximum absolute atomic E-state index is 13.1.